The first-order valence-electron chi connectivity index (χ1n) is 10.7. The third-order valence-corrected chi connectivity index (χ3v) is 6.57. The second-order valence-corrected chi connectivity index (χ2v) is 8.93. The van der Waals surface area contributed by atoms with Gasteiger partial charge in [0.25, 0.3) is 5.92 Å². The zero-order valence-electron chi connectivity index (χ0n) is 17.4. The molecule has 0 aliphatic heterocycles. The van der Waals surface area contributed by atoms with Gasteiger partial charge in [-0.1, -0.05) is 0 Å². The van der Waals surface area contributed by atoms with Crippen molar-refractivity contribution in [2.45, 2.75) is 57.5 Å². The topological polar surface area (TPSA) is 72.9 Å². The number of rotatable bonds is 5. The highest BCUT2D eigenvalue weighted by atomic mass is 19.3. The fourth-order valence-electron chi connectivity index (χ4n) is 4.64. The van der Waals surface area contributed by atoms with Gasteiger partial charge < -0.3 is 9.88 Å². The minimum absolute atomic E-state index is 0.151. The molecule has 0 amide bonds. The number of anilines is 1. The van der Waals surface area contributed by atoms with Gasteiger partial charge in [0.15, 0.2) is 5.65 Å². The van der Waals surface area contributed by atoms with Crippen LogP contribution in [0.2, 0.25) is 0 Å². The van der Waals surface area contributed by atoms with Crippen LogP contribution in [-0.4, -0.2) is 41.1 Å². The largest absolute Gasteiger partial charge is 0.350 e. The Morgan fingerprint density at radius 1 is 1.16 bits per heavy atom. The molecular formula is C22H23F2N7. The molecule has 0 radical (unpaired) electrons. The smallest absolute Gasteiger partial charge is 0.252 e. The minimum atomic E-state index is -2.59. The number of aryl methyl sites for hydroxylation is 1. The second-order valence-electron chi connectivity index (χ2n) is 8.93. The second kappa shape index (κ2) is 6.45. The lowest BCUT2D eigenvalue weighted by molar-refractivity contribution is -0.103. The molecule has 4 aromatic rings. The summed E-state index contributed by atoms with van der Waals surface area (Å²) < 4.78 is 30.7. The Morgan fingerprint density at radius 3 is 2.71 bits per heavy atom. The molecule has 7 nitrogen and oxygen atoms in total. The van der Waals surface area contributed by atoms with Crippen molar-refractivity contribution < 1.29 is 8.78 Å². The average Bonchev–Trinajstić information content (AvgIpc) is 3.40. The molecule has 0 spiro atoms. The van der Waals surface area contributed by atoms with Gasteiger partial charge in [0.2, 0.25) is 5.95 Å². The fraction of sp³-hybridized carbons (Fsp3) is 0.455. The predicted octanol–water partition coefficient (Wildman–Crippen LogP) is 4.63. The van der Waals surface area contributed by atoms with E-state index in [1.165, 1.54) is 12.8 Å². The summed E-state index contributed by atoms with van der Waals surface area (Å²) in [5.74, 6) is -0.550. The lowest BCUT2D eigenvalue weighted by Crippen LogP contribution is -2.37. The number of pyridine rings is 1. The van der Waals surface area contributed by atoms with Crippen molar-refractivity contribution in [2.24, 2.45) is 5.92 Å². The van der Waals surface area contributed by atoms with E-state index in [0.717, 1.165) is 22.2 Å². The van der Waals surface area contributed by atoms with Gasteiger partial charge in [-0.2, -0.15) is 0 Å². The molecule has 0 unspecified atom stereocenters. The number of hydrogen-bond acceptors (Lipinski definition) is 5. The summed E-state index contributed by atoms with van der Waals surface area (Å²) in [6.45, 7) is 4.01. The van der Waals surface area contributed by atoms with E-state index < -0.39 is 5.92 Å². The number of aromatic nitrogens is 6. The number of imidazole rings is 1. The van der Waals surface area contributed by atoms with Crippen molar-refractivity contribution in [3.63, 3.8) is 0 Å². The highest BCUT2D eigenvalue weighted by Gasteiger charge is 2.47. The van der Waals surface area contributed by atoms with Crippen LogP contribution in [0.3, 0.4) is 0 Å². The van der Waals surface area contributed by atoms with Crippen LogP contribution in [0.5, 0.6) is 0 Å². The first kappa shape index (κ1) is 18.7. The Morgan fingerprint density at radius 2 is 1.97 bits per heavy atom. The number of hydrogen-bond donors (Lipinski definition) is 1. The monoisotopic (exact) mass is 423 g/mol. The zero-order chi connectivity index (χ0) is 21.3. The predicted molar refractivity (Wildman–Crippen MR) is 113 cm³/mol. The Labute approximate surface area is 177 Å². The molecule has 2 aliphatic rings. The first-order chi connectivity index (χ1) is 14.9. The molecule has 160 valence electrons. The lowest BCUT2D eigenvalue weighted by Gasteiger charge is -2.36. The molecule has 6 rings (SSSR count). The highest BCUT2D eigenvalue weighted by Crippen LogP contribution is 2.47. The summed E-state index contributed by atoms with van der Waals surface area (Å²) in [7, 11) is 0. The maximum atomic E-state index is 13.5. The van der Waals surface area contributed by atoms with Crippen LogP contribution in [0, 0.1) is 12.8 Å². The van der Waals surface area contributed by atoms with Crippen molar-refractivity contribution in [1.82, 2.24) is 29.1 Å². The number of fused-ring (bicyclic) bond motifs is 2. The van der Waals surface area contributed by atoms with Gasteiger partial charge >= 0.3 is 0 Å². The number of nitrogens with zero attached hydrogens (tertiary/aromatic N) is 6. The van der Waals surface area contributed by atoms with Gasteiger partial charge in [-0.25, -0.2) is 28.2 Å². The van der Waals surface area contributed by atoms with Gasteiger partial charge in [0.1, 0.15) is 5.82 Å². The third kappa shape index (κ3) is 3.14. The van der Waals surface area contributed by atoms with Crippen molar-refractivity contribution in [3.8, 4) is 11.1 Å². The van der Waals surface area contributed by atoms with Gasteiger partial charge in [-0.3, -0.25) is 0 Å². The van der Waals surface area contributed by atoms with E-state index in [2.05, 4.69) is 32.3 Å². The van der Waals surface area contributed by atoms with Crippen LogP contribution in [-0.2, 0) is 0 Å². The Balaban J connectivity index is 1.36. The van der Waals surface area contributed by atoms with Gasteiger partial charge in [-0.05, 0) is 44.7 Å². The third-order valence-electron chi connectivity index (χ3n) is 6.57. The summed E-state index contributed by atoms with van der Waals surface area (Å²) in [6, 6.07) is 4.08. The van der Waals surface area contributed by atoms with Crippen LogP contribution in [0.4, 0.5) is 14.7 Å². The highest BCUT2D eigenvalue weighted by molar-refractivity contribution is 5.85. The van der Waals surface area contributed by atoms with Gasteiger partial charge in [0.05, 0.1) is 17.2 Å². The fourth-order valence-corrected chi connectivity index (χ4v) is 4.64. The molecular weight excluding hydrogens is 400 g/mol. The molecule has 1 N–H and O–H groups in total. The van der Waals surface area contributed by atoms with E-state index in [4.69, 9.17) is 0 Å². The SMILES string of the molecule is Cc1nc2ncc(-c3ccn4nc(N[C@@H](C)C5CC5)ncc34)cc2n1C1CC(F)(F)C1. The first-order valence-corrected chi connectivity index (χ1v) is 10.7. The van der Waals surface area contributed by atoms with Gasteiger partial charge in [-0.15, -0.1) is 5.10 Å². The maximum absolute atomic E-state index is 13.5. The van der Waals surface area contributed by atoms with E-state index >= 15 is 0 Å². The van der Waals surface area contributed by atoms with Crippen LogP contribution < -0.4 is 5.32 Å². The summed E-state index contributed by atoms with van der Waals surface area (Å²) in [6.07, 6.45) is 7.69. The van der Waals surface area contributed by atoms with Crippen LogP contribution >= 0.6 is 0 Å². The van der Waals surface area contributed by atoms with E-state index in [1.807, 2.05) is 40.5 Å². The minimum Gasteiger partial charge on any atom is -0.350 e. The molecule has 4 heterocycles. The Kier molecular flexibility index (Phi) is 3.88. The molecule has 2 fully saturated rings. The normalized spacial score (nSPS) is 19.6. The zero-order valence-corrected chi connectivity index (χ0v) is 17.4. The molecule has 0 aromatic carbocycles. The lowest BCUT2D eigenvalue weighted by atomic mass is 9.87. The maximum Gasteiger partial charge on any atom is 0.252 e. The van der Waals surface area contributed by atoms with Crippen molar-refractivity contribution in [2.75, 3.05) is 5.32 Å². The van der Waals surface area contributed by atoms with Crippen LogP contribution in [0.1, 0.15) is 44.5 Å². The number of nitrogens with one attached hydrogen (secondary N) is 1. The molecule has 2 aliphatic carbocycles. The van der Waals surface area contributed by atoms with Gasteiger partial charge in [0, 0.05) is 48.4 Å². The van der Waals surface area contributed by atoms with Crippen LogP contribution in [0.15, 0.2) is 30.7 Å². The van der Waals surface area contributed by atoms with E-state index in [9.17, 15) is 8.78 Å². The Hall–Kier alpha value is -3.10. The van der Waals surface area contributed by atoms with E-state index in [1.54, 1.807) is 6.20 Å². The molecule has 1 atom stereocenters. The summed E-state index contributed by atoms with van der Waals surface area (Å²) in [5.41, 5.74) is 4.06. The Bertz CT molecular complexity index is 1300. The summed E-state index contributed by atoms with van der Waals surface area (Å²) >= 11 is 0. The summed E-state index contributed by atoms with van der Waals surface area (Å²) in [4.78, 5) is 13.5. The molecule has 0 saturated heterocycles. The molecule has 4 aromatic heterocycles. The van der Waals surface area contributed by atoms with Crippen molar-refractivity contribution in [1.29, 1.82) is 0 Å². The quantitative estimate of drug-likeness (QED) is 0.507. The molecule has 2 saturated carbocycles. The van der Waals surface area contributed by atoms with E-state index in [0.29, 0.717) is 29.4 Å². The molecule has 9 heteroatoms. The molecule has 0 bridgehead atoms. The van der Waals surface area contributed by atoms with Crippen LogP contribution in [0.25, 0.3) is 27.8 Å². The average molecular weight is 423 g/mol. The molecule has 31 heavy (non-hydrogen) atoms. The standard InChI is InChI=1S/C22H23F2N7/c1-12(14-3-4-14)27-21-26-11-19-17(5-6-30(19)29-21)15-7-18-20(25-10-15)28-13(2)31(18)16-8-22(23,24)9-16/h5-7,10-12,14,16H,3-4,8-9H2,1-2H3,(H,27,29)/t12-/m0/s1. The number of halogens is 2. The van der Waals surface area contributed by atoms with Crippen molar-refractivity contribution >= 4 is 22.6 Å². The summed E-state index contributed by atoms with van der Waals surface area (Å²) in [5, 5.41) is 7.98. The van der Waals surface area contributed by atoms with E-state index in [-0.39, 0.29) is 18.9 Å². The number of alkyl halides is 2. The van der Waals surface area contributed by atoms with Crippen molar-refractivity contribution in [3.05, 3.63) is 36.5 Å².